The molecule has 2 amide bonds. The molecular formula is C20H27N3O4S. The van der Waals surface area contributed by atoms with Crippen molar-refractivity contribution in [2.24, 2.45) is 0 Å². The van der Waals surface area contributed by atoms with E-state index in [1.165, 1.54) is 4.31 Å². The average molecular weight is 406 g/mol. The van der Waals surface area contributed by atoms with Gasteiger partial charge in [-0.2, -0.15) is 4.31 Å². The molecule has 152 valence electrons. The van der Waals surface area contributed by atoms with Crippen LogP contribution in [0.1, 0.15) is 35.5 Å². The quantitative estimate of drug-likeness (QED) is 0.800. The molecule has 1 saturated heterocycles. The Morgan fingerprint density at radius 3 is 2.36 bits per heavy atom. The van der Waals surface area contributed by atoms with Crippen molar-refractivity contribution < 1.29 is 17.6 Å². The molecule has 2 heterocycles. The second-order valence-corrected chi connectivity index (χ2v) is 9.19. The zero-order chi connectivity index (χ0) is 20.3. The summed E-state index contributed by atoms with van der Waals surface area (Å²) in [6, 6.07) is 8.49. The molecule has 0 unspecified atom stereocenters. The number of carbonyl (C=O) groups excluding carboxylic acids is 1. The molecule has 7 nitrogen and oxygen atoms in total. The highest BCUT2D eigenvalue weighted by atomic mass is 32.2. The summed E-state index contributed by atoms with van der Waals surface area (Å²) in [4.78, 5) is 12.5. The Balaban J connectivity index is 1.49. The summed E-state index contributed by atoms with van der Waals surface area (Å²) >= 11 is 0. The van der Waals surface area contributed by atoms with Gasteiger partial charge in [0.25, 0.3) is 0 Å². The summed E-state index contributed by atoms with van der Waals surface area (Å²) in [5.74, 6) is 1.62. The van der Waals surface area contributed by atoms with Crippen LogP contribution in [0.25, 0.3) is 0 Å². The van der Waals surface area contributed by atoms with Gasteiger partial charge in [-0.3, -0.25) is 0 Å². The van der Waals surface area contributed by atoms with E-state index >= 15 is 0 Å². The van der Waals surface area contributed by atoms with Crippen molar-refractivity contribution in [1.29, 1.82) is 0 Å². The molecule has 28 heavy (non-hydrogen) atoms. The standard InChI is InChI=1S/C20H27N3O4S/c1-14-4-6-19(7-5-14)28(25,26)23-10-8-18(9-11-23)22-20(24)21-13-17-12-15(2)27-16(17)3/h4-7,12,18H,8-11,13H2,1-3H3,(H2,21,22,24). The van der Waals surface area contributed by atoms with Gasteiger partial charge in [0, 0.05) is 31.2 Å². The summed E-state index contributed by atoms with van der Waals surface area (Å²) < 4.78 is 32.4. The highest BCUT2D eigenvalue weighted by Crippen LogP contribution is 2.21. The fraction of sp³-hybridized carbons (Fsp3) is 0.450. The van der Waals surface area contributed by atoms with Crippen molar-refractivity contribution in [3.05, 3.63) is 53.0 Å². The number of hydrogen-bond donors (Lipinski definition) is 2. The van der Waals surface area contributed by atoms with Gasteiger partial charge in [-0.1, -0.05) is 17.7 Å². The number of nitrogens with zero attached hydrogens (tertiary/aromatic N) is 1. The second kappa shape index (κ2) is 8.36. The molecule has 0 atom stereocenters. The second-order valence-electron chi connectivity index (χ2n) is 7.26. The van der Waals surface area contributed by atoms with Crippen LogP contribution in [0, 0.1) is 20.8 Å². The molecule has 0 spiro atoms. The number of sulfonamides is 1. The predicted molar refractivity (Wildman–Crippen MR) is 107 cm³/mol. The fourth-order valence-corrected chi connectivity index (χ4v) is 4.84. The summed E-state index contributed by atoms with van der Waals surface area (Å²) in [5, 5.41) is 5.76. The van der Waals surface area contributed by atoms with Crippen LogP contribution in [0.15, 0.2) is 39.6 Å². The van der Waals surface area contributed by atoms with E-state index in [0.717, 1.165) is 22.6 Å². The molecule has 0 bridgehead atoms. The lowest BCUT2D eigenvalue weighted by atomic mass is 10.1. The molecule has 1 aromatic heterocycles. The van der Waals surface area contributed by atoms with Gasteiger partial charge < -0.3 is 15.1 Å². The van der Waals surface area contributed by atoms with Crippen LogP contribution in [0.2, 0.25) is 0 Å². The first kappa shape index (κ1) is 20.4. The molecule has 1 aliphatic heterocycles. The summed E-state index contributed by atoms with van der Waals surface area (Å²) in [7, 11) is -3.48. The minimum absolute atomic E-state index is 0.0448. The normalized spacial score (nSPS) is 16.1. The van der Waals surface area contributed by atoms with Crippen molar-refractivity contribution in [2.45, 2.75) is 51.1 Å². The summed E-state index contributed by atoms with van der Waals surface area (Å²) in [6.45, 7) is 6.84. The highest BCUT2D eigenvalue weighted by Gasteiger charge is 2.29. The Bertz CT molecular complexity index is 927. The van der Waals surface area contributed by atoms with Crippen molar-refractivity contribution >= 4 is 16.1 Å². The van der Waals surface area contributed by atoms with Crippen LogP contribution >= 0.6 is 0 Å². The van der Waals surface area contributed by atoms with E-state index in [1.807, 2.05) is 26.8 Å². The van der Waals surface area contributed by atoms with Crippen LogP contribution < -0.4 is 10.6 Å². The maximum atomic E-state index is 12.7. The van der Waals surface area contributed by atoms with Gasteiger partial charge in [-0.05, 0) is 51.8 Å². The smallest absolute Gasteiger partial charge is 0.315 e. The number of aryl methyl sites for hydroxylation is 3. The van der Waals surface area contributed by atoms with Gasteiger partial charge in [0.2, 0.25) is 10.0 Å². The number of urea groups is 1. The lowest BCUT2D eigenvalue weighted by Gasteiger charge is -2.31. The van der Waals surface area contributed by atoms with Crippen LogP contribution in [0.3, 0.4) is 0 Å². The van der Waals surface area contributed by atoms with Gasteiger partial charge in [-0.15, -0.1) is 0 Å². The number of piperidine rings is 1. The first-order valence-electron chi connectivity index (χ1n) is 9.43. The molecule has 0 radical (unpaired) electrons. The van der Waals surface area contributed by atoms with Crippen molar-refractivity contribution in [2.75, 3.05) is 13.1 Å². The van der Waals surface area contributed by atoms with E-state index in [2.05, 4.69) is 10.6 Å². The number of hydrogen-bond acceptors (Lipinski definition) is 4. The Morgan fingerprint density at radius 2 is 1.79 bits per heavy atom. The van der Waals surface area contributed by atoms with E-state index in [0.29, 0.717) is 37.4 Å². The van der Waals surface area contributed by atoms with Crippen LogP contribution in [-0.4, -0.2) is 37.9 Å². The highest BCUT2D eigenvalue weighted by molar-refractivity contribution is 7.89. The first-order valence-corrected chi connectivity index (χ1v) is 10.9. The van der Waals surface area contributed by atoms with Gasteiger partial charge in [-0.25, -0.2) is 13.2 Å². The maximum Gasteiger partial charge on any atom is 0.315 e. The Hall–Kier alpha value is -2.32. The van der Waals surface area contributed by atoms with Gasteiger partial charge in [0.1, 0.15) is 11.5 Å². The van der Waals surface area contributed by atoms with Crippen molar-refractivity contribution in [3.63, 3.8) is 0 Å². The number of rotatable bonds is 5. The lowest BCUT2D eigenvalue weighted by Crippen LogP contribution is -2.48. The minimum Gasteiger partial charge on any atom is -0.466 e. The molecule has 8 heteroatoms. The third-order valence-electron chi connectivity index (χ3n) is 5.03. The van der Waals surface area contributed by atoms with Gasteiger partial charge >= 0.3 is 6.03 Å². The van der Waals surface area contributed by atoms with E-state index < -0.39 is 10.0 Å². The zero-order valence-electron chi connectivity index (χ0n) is 16.5. The molecule has 0 saturated carbocycles. The van der Waals surface area contributed by atoms with Crippen molar-refractivity contribution in [3.8, 4) is 0 Å². The van der Waals surface area contributed by atoms with Gasteiger partial charge in [0.05, 0.1) is 4.90 Å². The van der Waals surface area contributed by atoms with Crippen LogP contribution in [-0.2, 0) is 16.6 Å². The zero-order valence-corrected chi connectivity index (χ0v) is 17.3. The monoisotopic (exact) mass is 405 g/mol. The molecular weight excluding hydrogens is 378 g/mol. The lowest BCUT2D eigenvalue weighted by molar-refractivity contribution is 0.227. The number of carbonyl (C=O) groups is 1. The Morgan fingerprint density at radius 1 is 1.14 bits per heavy atom. The van der Waals surface area contributed by atoms with E-state index in [4.69, 9.17) is 4.42 Å². The van der Waals surface area contributed by atoms with Crippen LogP contribution in [0.4, 0.5) is 4.79 Å². The molecule has 1 aliphatic rings. The van der Waals surface area contributed by atoms with Crippen molar-refractivity contribution in [1.82, 2.24) is 14.9 Å². The molecule has 3 rings (SSSR count). The maximum absolute atomic E-state index is 12.7. The fourth-order valence-electron chi connectivity index (χ4n) is 3.37. The molecule has 2 N–H and O–H groups in total. The minimum atomic E-state index is -3.48. The molecule has 2 aromatic rings. The molecule has 1 fully saturated rings. The third kappa shape index (κ3) is 4.74. The first-order chi connectivity index (χ1) is 13.3. The van der Waals surface area contributed by atoms with E-state index in [-0.39, 0.29) is 12.1 Å². The summed E-state index contributed by atoms with van der Waals surface area (Å²) in [5.41, 5.74) is 1.97. The number of benzene rings is 1. The predicted octanol–water partition coefficient (Wildman–Crippen LogP) is 2.86. The number of furan rings is 1. The van der Waals surface area contributed by atoms with E-state index in [9.17, 15) is 13.2 Å². The van der Waals surface area contributed by atoms with Gasteiger partial charge in [0.15, 0.2) is 0 Å². The van der Waals surface area contributed by atoms with E-state index in [1.54, 1.807) is 24.3 Å². The third-order valence-corrected chi connectivity index (χ3v) is 6.94. The summed E-state index contributed by atoms with van der Waals surface area (Å²) in [6.07, 6.45) is 1.17. The average Bonchev–Trinajstić information content (AvgIpc) is 2.98. The largest absolute Gasteiger partial charge is 0.466 e. The topological polar surface area (TPSA) is 91.7 Å². The molecule has 0 aliphatic carbocycles. The molecule has 1 aromatic carbocycles. The SMILES string of the molecule is Cc1ccc(S(=O)(=O)N2CCC(NC(=O)NCc3cc(C)oc3C)CC2)cc1. The van der Waals surface area contributed by atoms with Crippen LogP contribution in [0.5, 0.6) is 0 Å². The Labute approximate surface area is 166 Å². The number of amides is 2. The Kier molecular flexibility index (Phi) is 6.10. The number of nitrogens with one attached hydrogen (secondary N) is 2.